The van der Waals surface area contributed by atoms with Crippen LogP contribution in [0.3, 0.4) is 0 Å². The molecule has 0 radical (unpaired) electrons. The highest BCUT2D eigenvalue weighted by Gasteiger charge is 2.34. The van der Waals surface area contributed by atoms with Crippen molar-refractivity contribution in [3.63, 3.8) is 0 Å². The Morgan fingerprint density at radius 2 is 1.64 bits per heavy atom. The number of benzene rings is 1. The molecule has 1 saturated carbocycles. The number of ketones is 1. The topological polar surface area (TPSA) is 45.1 Å². The second kappa shape index (κ2) is 8.64. The van der Waals surface area contributed by atoms with E-state index in [-0.39, 0.29) is 5.78 Å². The van der Waals surface area contributed by atoms with Crippen molar-refractivity contribution in [3.05, 3.63) is 29.8 Å². The fraction of sp³-hybridized carbons (Fsp3) is 0.652. The van der Waals surface area contributed by atoms with Crippen LogP contribution in [0.15, 0.2) is 24.3 Å². The van der Waals surface area contributed by atoms with Crippen LogP contribution >= 0.6 is 0 Å². The summed E-state index contributed by atoms with van der Waals surface area (Å²) in [4.78, 5) is 30.2. The van der Waals surface area contributed by atoms with Crippen molar-refractivity contribution in [3.8, 4) is 0 Å². The molecule has 152 valence electrons. The highest BCUT2D eigenvalue weighted by Crippen LogP contribution is 2.35. The molecule has 1 aromatic carbocycles. The number of quaternary nitrogens is 1. The highest BCUT2D eigenvalue weighted by molar-refractivity contribution is 5.94. The second-order valence-corrected chi connectivity index (χ2v) is 8.95. The van der Waals surface area contributed by atoms with Crippen molar-refractivity contribution in [2.75, 3.05) is 50.7 Å². The maximum atomic E-state index is 12.9. The first-order valence-corrected chi connectivity index (χ1v) is 11.1. The lowest BCUT2D eigenvalue weighted by Gasteiger charge is -2.41. The minimum absolute atomic E-state index is 0.108. The molecule has 1 aliphatic carbocycles. The molecular weight excluding hydrogens is 350 g/mol. The third kappa shape index (κ3) is 4.40. The number of amides is 1. The maximum Gasteiger partial charge on any atom is 0.277 e. The van der Waals surface area contributed by atoms with Gasteiger partial charge in [0, 0.05) is 24.3 Å². The average molecular weight is 385 g/mol. The van der Waals surface area contributed by atoms with Crippen molar-refractivity contribution in [1.29, 1.82) is 0 Å². The molecule has 1 amide bonds. The van der Waals surface area contributed by atoms with Gasteiger partial charge in [0.1, 0.15) is 0 Å². The lowest BCUT2D eigenvalue weighted by molar-refractivity contribution is -0.892. The molecule has 2 atom stereocenters. The van der Waals surface area contributed by atoms with E-state index < -0.39 is 0 Å². The summed E-state index contributed by atoms with van der Waals surface area (Å²) in [6.45, 7) is 8.16. The Kier molecular flexibility index (Phi) is 6.00. The third-order valence-electron chi connectivity index (χ3n) is 7.15. The lowest BCUT2D eigenvalue weighted by Crippen LogP contribution is -3.16. The van der Waals surface area contributed by atoms with Crippen molar-refractivity contribution >= 4 is 17.4 Å². The van der Waals surface area contributed by atoms with E-state index in [2.05, 4.69) is 9.80 Å². The van der Waals surface area contributed by atoms with Crippen LogP contribution in [0.2, 0.25) is 0 Å². The van der Waals surface area contributed by atoms with Crippen molar-refractivity contribution in [1.82, 2.24) is 4.90 Å². The van der Waals surface area contributed by atoms with Gasteiger partial charge in [-0.1, -0.05) is 19.3 Å². The molecule has 0 unspecified atom stereocenters. The molecule has 5 nitrogen and oxygen atoms in total. The quantitative estimate of drug-likeness (QED) is 0.803. The zero-order valence-electron chi connectivity index (χ0n) is 17.2. The first-order chi connectivity index (χ1) is 13.6. The SMILES string of the molecule is CC(=O)c1ccc(N2CC[NH+](CC(=O)N3CC[C@@H]4CCCC[C@@H]4C3)CC2)cc1. The van der Waals surface area contributed by atoms with Crippen LogP contribution in [-0.4, -0.2) is 62.4 Å². The number of fused-ring (bicyclic) bond motifs is 1. The Labute approximate surface area is 168 Å². The monoisotopic (exact) mass is 384 g/mol. The summed E-state index contributed by atoms with van der Waals surface area (Å²) in [6, 6.07) is 7.91. The number of hydrogen-bond donors (Lipinski definition) is 1. The largest absolute Gasteiger partial charge is 0.360 e. The molecule has 1 aromatic rings. The van der Waals surface area contributed by atoms with Crippen LogP contribution in [0.5, 0.6) is 0 Å². The predicted octanol–water partition coefficient (Wildman–Crippen LogP) is 1.63. The van der Waals surface area contributed by atoms with Gasteiger partial charge in [0.2, 0.25) is 0 Å². The molecule has 4 rings (SSSR count). The summed E-state index contributed by atoms with van der Waals surface area (Å²) in [5.74, 6) is 2.11. The Hall–Kier alpha value is -1.88. The van der Waals surface area contributed by atoms with Crippen molar-refractivity contribution in [2.45, 2.75) is 39.0 Å². The fourth-order valence-electron chi connectivity index (χ4n) is 5.32. The van der Waals surface area contributed by atoms with Crippen LogP contribution < -0.4 is 9.80 Å². The average Bonchev–Trinajstić information content (AvgIpc) is 2.74. The van der Waals surface area contributed by atoms with E-state index in [4.69, 9.17) is 0 Å². The Morgan fingerprint density at radius 3 is 2.32 bits per heavy atom. The van der Waals surface area contributed by atoms with Gasteiger partial charge in [0.15, 0.2) is 12.3 Å². The van der Waals surface area contributed by atoms with E-state index in [0.717, 1.165) is 56.7 Å². The molecule has 3 aliphatic rings. The minimum Gasteiger partial charge on any atom is -0.360 e. The standard InChI is InChI=1S/C23H33N3O2/c1-18(27)19-6-8-22(9-7-19)25-14-12-24(13-15-25)17-23(28)26-11-10-20-4-2-3-5-21(20)16-26/h6-9,20-21H,2-5,10-17H2,1H3/p+1/t20-,21+/m0/s1. The highest BCUT2D eigenvalue weighted by atomic mass is 16.2. The lowest BCUT2D eigenvalue weighted by atomic mass is 9.75. The number of anilines is 1. The summed E-state index contributed by atoms with van der Waals surface area (Å²) in [5, 5.41) is 0. The fourth-order valence-corrected chi connectivity index (χ4v) is 5.32. The van der Waals surface area contributed by atoms with Crippen LogP contribution in [0, 0.1) is 11.8 Å². The van der Waals surface area contributed by atoms with Gasteiger partial charge in [-0.05, 0) is 55.9 Å². The summed E-state index contributed by atoms with van der Waals surface area (Å²) >= 11 is 0. The first kappa shape index (κ1) is 19.4. The molecule has 2 heterocycles. The molecular formula is C23H34N3O2+. The number of nitrogens with one attached hydrogen (secondary N) is 1. The molecule has 0 bridgehead atoms. The van der Waals surface area contributed by atoms with E-state index in [9.17, 15) is 9.59 Å². The van der Waals surface area contributed by atoms with E-state index in [1.54, 1.807) is 6.92 Å². The van der Waals surface area contributed by atoms with Gasteiger partial charge in [-0.15, -0.1) is 0 Å². The van der Waals surface area contributed by atoms with E-state index >= 15 is 0 Å². The molecule has 1 N–H and O–H groups in total. The van der Waals surface area contributed by atoms with Gasteiger partial charge in [-0.3, -0.25) is 9.59 Å². The number of carbonyl (C=O) groups is 2. The maximum absolute atomic E-state index is 12.9. The third-order valence-corrected chi connectivity index (χ3v) is 7.15. The molecule has 28 heavy (non-hydrogen) atoms. The number of piperazine rings is 1. The number of carbonyl (C=O) groups excluding carboxylic acids is 2. The first-order valence-electron chi connectivity index (χ1n) is 11.1. The predicted molar refractivity (Wildman–Crippen MR) is 111 cm³/mol. The van der Waals surface area contributed by atoms with E-state index in [0.29, 0.717) is 12.5 Å². The van der Waals surface area contributed by atoms with Gasteiger partial charge < -0.3 is 14.7 Å². The van der Waals surface area contributed by atoms with Crippen LogP contribution in [0.1, 0.15) is 49.4 Å². The Balaban J connectivity index is 1.25. The second-order valence-electron chi connectivity index (χ2n) is 8.95. The van der Waals surface area contributed by atoms with Gasteiger partial charge in [0.05, 0.1) is 26.2 Å². The van der Waals surface area contributed by atoms with Gasteiger partial charge >= 0.3 is 0 Å². The molecule has 0 spiro atoms. The number of piperidine rings is 1. The molecule has 0 aromatic heterocycles. The normalized spacial score (nSPS) is 26.0. The number of nitrogens with zero attached hydrogens (tertiary/aromatic N) is 2. The van der Waals surface area contributed by atoms with E-state index in [1.807, 2.05) is 24.3 Å². The number of likely N-dealkylation sites (tertiary alicyclic amines) is 1. The molecule has 2 aliphatic heterocycles. The zero-order valence-corrected chi connectivity index (χ0v) is 17.2. The van der Waals surface area contributed by atoms with Crippen molar-refractivity contribution in [2.24, 2.45) is 11.8 Å². The van der Waals surface area contributed by atoms with Crippen LogP contribution in [-0.2, 0) is 4.79 Å². The van der Waals surface area contributed by atoms with Gasteiger partial charge in [-0.25, -0.2) is 0 Å². The summed E-state index contributed by atoms with van der Waals surface area (Å²) in [6.07, 6.45) is 6.66. The Bertz CT molecular complexity index is 694. The number of Topliss-reactive ketones (excluding diaryl/α,β-unsaturated/α-hetero) is 1. The van der Waals surface area contributed by atoms with Crippen LogP contribution in [0.25, 0.3) is 0 Å². The molecule has 5 heteroatoms. The summed E-state index contributed by atoms with van der Waals surface area (Å²) in [7, 11) is 0. The van der Waals surface area contributed by atoms with Gasteiger partial charge in [0.25, 0.3) is 5.91 Å². The Morgan fingerprint density at radius 1 is 0.964 bits per heavy atom. The number of hydrogen-bond acceptors (Lipinski definition) is 3. The summed E-state index contributed by atoms with van der Waals surface area (Å²) < 4.78 is 0. The number of rotatable bonds is 4. The van der Waals surface area contributed by atoms with Crippen LogP contribution in [0.4, 0.5) is 5.69 Å². The van der Waals surface area contributed by atoms with Gasteiger partial charge in [-0.2, -0.15) is 0 Å². The smallest absolute Gasteiger partial charge is 0.277 e. The van der Waals surface area contributed by atoms with E-state index in [1.165, 1.54) is 42.7 Å². The summed E-state index contributed by atoms with van der Waals surface area (Å²) in [5.41, 5.74) is 1.94. The van der Waals surface area contributed by atoms with Crippen molar-refractivity contribution < 1.29 is 14.5 Å². The molecule has 2 saturated heterocycles. The minimum atomic E-state index is 0.108. The zero-order chi connectivity index (χ0) is 19.5. The molecule has 3 fully saturated rings.